The number of ether oxygens (including phenoxy) is 1. The number of rotatable bonds is 3. The van der Waals surface area contributed by atoms with E-state index >= 15 is 0 Å². The smallest absolute Gasteiger partial charge is 0.0710 e. The highest BCUT2D eigenvalue weighted by Gasteiger charge is 2.28. The topological polar surface area (TPSA) is 32.7 Å². The molecule has 2 rings (SSSR count). The highest BCUT2D eigenvalue weighted by atomic mass is 16.5. The molecular weight excluding hydrogens is 202 g/mol. The van der Waals surface area contributed by atoms with Crippen molar-refractivity contribution in [2.75, 3.05) is 26.7 Å². The predicted molar refractivity (Wildman–Crippen MR) is 64.4 cm³/mol. The van der Waals surface area contributed by atoms with Gasteiger partial charge in [-0.15, -0.1) is 0 Å². The van der Waals surface area contributed by atoms with Gasteiger partial charge in [-0.25, -0.2) is 0 Å². The Balaban J connectivity index is 1.79. The first-order valence-corrected chi connectivity index (χ1v) is 6.73. The third-order valence-electron chi connectivity index (χ3n) is 4.17. The first kappa shape index (κ1) is 12.3. The largest absolute Gasteiger partial charge is 0.393 e. The fourth-order valence-corrected chi connectivity index (χ4v) is 3.06. The molecular formula is C13H25NO2. The number of hydrogen-bond donors (Lipinski definition) is 1. The summed E-state index contributed by atoms with van der Waals surface area (Å²) in [6.45, 7) is 3.27. The van der Waals surface area contributed by atoms with Gasteiger partial charge < -0.3 is 14.7 Å². The first-order chi connectivity index (χ1) is 7.79. The molecule has 2 aliphatic rings. The summed E-state index contributed by atoms with van der Waals surface area (Å²) in [5, 5.41) is 10.1. The van der Waals surface area contributed by atoms with E-state index in [0.29, 0.717) is 12.0 Å². The van der Waals surface area contributed by atoms with Crippen molar-refractivity contribution >= 4 is 0 Å². The lowest BCUT2D eigenvalue weighted by Crippen LogP contribution is -2.34. The zero-order chi connectivity index (χ0) is 11.4. The molecule has 94 valence electrons. The lowest BCUT2D eigenvalue weighted by atomic mass is 9.97. The van der Waals surface area contributed by atoms with Gasteiger partial charge in [-0.05, 0) is 25.2 Å². The molecule has 3 nitrogen and oxygen atoms in total. The number of likely N-dealkylation sites (tertiary alicyclic amines) is 1. The fourth-order valence-electron chi connectivity index (χ4n) is 3.06. The van der Waals surface area contributed by atoms with Gasteiger partial charge in [-0.1, -0.05) is 19.3 Å². The van der Waals surface area contributed by atoms with E-state index in [2.05, 4.69) is 4.90 Å². The van der Waals surface area contributed by atoms with Crippen LogP contribution in [0.5, 0.6) is 0 Å². The van der Waals surface area contributed by atoms with Crippen molar-refractivity contribution in [1.29, 1.82) is 0 Å². The molecule has 0 amide bonds. The van der Waals surface area contributed by atoms with Crippen molar-refractivity contribution in [3.8, 4) is 0 Å². The number of nitrogens with zero attached hydrogens (tertiary/aromatic N) is 1. The first-order valence-electron chi connectivity index (χ1n) is 6.73. The lowest BCUT2D eigenvalue weighted by molar-refractivity contribution is 0.0690. The Hall–Kier alpha value is -0.120. The molecule has 1 N–H and O–H groups in total. The van der Waals surface area contributed by atoms with Crippen molar-refractivity contribution in [3.05, 3.63) is 0 Å². The molecule has 1 saturated heterocycles. The molecule has 16 heavy (non-hydrogen) atoms. The van der Waals surface area contributed by atoms with Crippen LogP contribution in [0.3, 0.4) is 0 Å². The van der Waals surface area contributed by atoms with E-state index in [1.165, 1.54) is 25.7 Å². The number of methoxy groups -OCH3 is 1. The molecule has 0 spiro atoms. The van der Waals surface area contributed by atoms with Crippen LogP contribution in [0.1, 0.15) is 38.5 Å². The molecule has 1 aliphatic carbocycles. The standard InChI is InChI=1S/C13H25NO2/c1-16-12-7-8-14(10-12)9-11-5-3-2-4-6-13(11)15/h11-13,15H,2-10H2,1H3. The molecule has 3 unspecified atom stereocenters. The minimum absolute atomic E-state index is 0.0657. The van der Waals surface area contributed by atoms with Crippen molar-refractivity contribution in [3.63, 3.8) is 0 Å². The summed E-state index contributed by atoms with van der Waals surface area (Å²) in [7, 11) is 1.80. The number of aliphatic hydroxyl groups excluding tert-OH is 1. The molecule has 0 radical (unpaired) electrons. The maximum absolute atomic E-state index is 10.1. The Labute approximate surface area is 98.8 Å². The van der Waals surface area contributed by atoms with Gasteiger partial charge in [0.25, 0.3) is 0 Å². The van der Waals surface area contributed by atoms with Gasteiger partial charge in [0.1, 0.15) is 0 Å². The monoisotopic (exact) mass is 227 g/mol. The van der Waals surface area contributed by atoms with E-state index in [0.717, 1.165) is 32.5 Å². The molecule has 0 aromatic carbocycles. The summed E-state index contributed by atoms with van der Waals surface area (Å²) >= 11 is 0. The summed E-state index contributed by atoms with van der Waals surface area (Å²) in [5.41, 5.74) is 0. The molecule has 1 saturated carbocycles. The SMILES string of the molecule is COC1CCN(CC2CCCCCC2O)C1. The molecule has 1 heterocycles. The molecule has 0 aromatic heterocycles. The highest BCUT2D eigenvalue weighted by molar-refractivity contribution is 4.81. The van der Waals surface area contributed by atoms with E-state index in [-0.39, 0.29) is 6.10 Å². The Morgan fingerprint density at radius 3 is 2.75 bits per heavy atom. The minimum atomic E-state index is -0.0657. The van der Waals surface area contributed by atoms with Crippen LogP contribution in [-0.4, -0.2) is 49.0 Å². The molecule has 0 bridgehead atoms. The van der Waals surface area contributed by atoms with Crippen LogP contribution in [-0.2, 0) is 4.74 Å². The fraction of sp³-hybridized carbons (Fsp3) is 1.00. The summed E-state index contributed by atoms with van der Waals surface area (Å²) < 4.78 is 5.38. The summed E-state index contributed by atoms with van der Waals surface area (Å²) in [4.78, 5) is 2.47. The third-order valence-corrected chi connectivity index (χ3v) is 4.17. The van der Waals surface area contributed by atoms with Crippen molar-refractivity contribution < 1.29 is 9.84 Å². The average molecular weight is 227 g/mol. The normalized spacial score (nSPS) is 37.5. The van der Waals surface area contributed by atoms with E-state index in [9.17, 15) is 5.11 Å². The maximum Gasteiger partial charge on any atom is 0.0710 e. The van der Waals surface area contributed by atoms with Gasteiger partial charge in [0, 0.05) is 26.7 Å². The molecule has 3 heteroatoms. The van der Waals surface area contributed by atoms with Crippen LogP contribution in [0.25, 0.3) is 0 Å². The lowest BCUT2D eigenvalue weighted by Gasteiger charge is -2.26. The Kier molecular flexibility index (Phi) is 4.62. The molecule has 0 aromatic rings. The van der Waals surface area contributed by atoms with E-state index in [1.54, 1.807) is 7.11 Å². The summed E-state index contributed by atoms with van der Waals surface area (Å²) in [5.74, 6) is 0.498. The molecule has 3 atom stereocenters. The van der Waals surface area contributed by atoms with Gasteiger partial charge >= 0.3 is 0 Å². The van der Waals surface area contributed by atoms with Crippen molar-refractivity contribution in [2.24, 2.45) is 5.92 Å². The van der Waals surface area contributed by atoms with Crippen LogP contribution in [0.4, 0.5) is 0 Å². The zero-order valence-electron chi connectivity index (χ0n) is 10.4. The minimum Gasteiger partial charge on any atom is -0.393 e. The summed E-state index contributed by atoms with van der Waals surface area (Å²) in [6, 6.07) is 0. The van der Waals surface area contributed by atoms with Gasteiger partial charge in [0.2, 0.25) is 0 Å². The second kappa shape index (κ2) is 5.99. The van der Waals surface area contributed by atoms with Crippen LogP contribution < -0.4 is 0 Å². The van der Waals surface area contributed by atoms with E-state index in [1.807, 2.05) is 0 Å². The van der Waals surface area contributed by atoms with Crippen molar-refractivity contribution in [2.45, 2.75) is 50.7 Å². The van der Waals surface area contributed by atoms with Gasteiger partial charge in [0.05, 0.1) is 12.2 Å². The summed E-state index contributed by atoms with van der Waals surface area (Å²) in [6.07, 6.45) is 7.52. The maximum atomic E-state index is 10.1. The van der Waals surface area contributed by atoms with Crippen molar-refractivity contribution in [1.82, 2.24) is 4.90 Å². The van der Waals surface area contributed by atoms with E-state index in [4.69, 9.17) is 4.74 Å². The number of hydrogen-bond acceptors (Lipinski definition) is 3. The zero-order valence-corrected chi connectivity index (χ0v) is 10.4. The number of aliphatic hydroxyl groups is 1. The Morgan fingerprint density at radius 2 is 2.00 bits per heavy atom. The van der Waals surface area contributed by atoms with Crippen LogP contribution in [0.15, 0.2) is 0 Å². The van der Waals surface area contributed by atoms with Gasteiger partial charge in [-0.2, -0.15) is 0 Å². The third kappa shape index (κ3) is 3.19. The molecule has 1 aliphatic heterocycles. The highest BCUT2D eigenvalue weighted by Crippen LogP contribution is 2.25. The van der Waals surface area contributed by atoms with Crippen LogP contribution in [0.2, 0.25) is 0 Å². The average Bonchev–Trinajstić information content (AvgIpc) is 2.65. The van der Waals surface area contributed by atoms with Crippen LogP contribution >= 0.6 is 0 Å². The Bertz CT molecular complexity index is 210. The van der Waals surface area contributed by atoms with Crippen LogP contribution in [0, 0.1) is 5.92 Å². The van der Waals surface area contributed by atoms with E-state index < -0.39 is 0 Å². The second-order valence-electron chi connectivity index (χ2n) is 5.37. The predicted octanol–water partition coefficient (Wildman–Crippen LogP) is 1.65. The van der Waals surface area contributed by atoms with Gasteiger partial charge in [-0.3, -0.25) is 0 Å². The second-order valence-corrected chi connectivity index (χ2v) is 5.37. The molecule has 2 fully saturated rings. The van der Waals surface area contributed by atoms with Gasteiger partial charge in [0.15, 0.2) is 0 Å². The quantitative estimate of drug-likeness (QED) is 0.744. The Morgan fingerprint density at radius 1 is 1.19 bits per heavy atom.